The molecule has 7 heteroatoms. The SMILES string of the molecule is COc1ccc(C(NC(=O)CN2C(=O)c3ccc(C)cc3C2=O)c2ccc(F)cc2)cc1. The van der Waals surface area contributed by atoms with Crippen molar-refractivity contribution in [2.24, 2.45) is 0 Å². The number of imide groups is 1. The van der Waals surface area contributed by atoms with Crippen molar-refractivity contribution in [1.29, 1.82) is 0 Å². The molecule has 1 aliphatic rings. The van der Waals surface area contributed by atoms with Crippen LogP contribution in [0.5, 0.6) is 5.75 Å². The number of aryl methyl sites for hydroxylation is 1. The van der Waals surface area contributed by atoms with Crippen LogP contribution in [0.2, 0.25) is 0 Å². The summed E-state index contributed by atoms with van der Waals surface area (Å²) in [5.74, 6) is -1.25. The molecule has 1 heterocycles. The molecule has 1 aliphatic heterocycles. The molecule has 0 radical (unpaired) electrons. The molecule has 1 atom stereocenters. The van der Waals surface area contributed by atoms with Gasteiger partial charge in [-0.25, -0.2) is 4.39 Å². The number of amides is 3. The molecule has 1 unspecified atom stereocenters. The number of halogens is 1. The fourth-order valence-corrected chi connectivity index (χ4v) is 3.71. The summed E-state index contributed by atoms with van der Waals surface area (Å²) in [4.78, 5) is 39.2. The monoisotopic (exact) mass is 432 g/mol. The Balaban J connectivity index is 1.57. The lowest BCUT2D eigenvalue weighted by Crippen LogP contribution is -2.41. The van der Waals surface area contributed by atoms with Gasteiger partial charge in [0.1, 0.15) is 18.1 Å². The van der Waals surface area contributed by atoms with Crippen LogP contribution in [0.4, 0.5) is 4.39 Å². The lowest BCUT2D eigenvalue weighted by atomic mass is 9.98. The first-order chi connectivity index (χ1) is 15.4. The topological polar surface area (TPSA) is 75.7 Å². The number of hydrogen-bond donors (Lipinski definition) is 1. The fraction of sp³-hybridized carbons (Fsp3) is 0.160. The van der Waals surface area contributed by atoms with E-state index in [0.717, 1.165) is 16.0 Å². The summed E-state index contributed by atoms with van der Waals surface area (Å²) in [6.07, 6.45) is 0. The Labute approximate surface area is 184 Å². The van der Waals surface area contributed by atoms with Gasteiger partial charge < -0.3 is 10.1 Å². The Bertz CT molecular complexity index is 1190. The van der Waals surface area contributed by atoms with E-state index in [1.165, 1.54) is 12.1 Å². The predicted octanol–water partition coefficient (Wildman–Crippen LogP) is 3.64. The number of nitrogens with zero attached hydrogens (tertiary/aromatic N) is 1. The number of fused-ring (bicyclic) bond motifs is 1. The number of ether oxygens (including phenoxy) is 1. The molecule has 0 aliphatic carbocycles. The van der Waals surface area contributed by atoms with Crippen LogP contribution >= 0.6 is 0 Å². The molecule has 0 saturated carbocycles. The van der Waals surface area contributed by atoms with Crippen LogP contribution in [-0.2, 0) is 4.79 Å². The number of nitrogens with one attached hydrogen (secondary N) is 1. The van der Waals surface area contributed by atoms with Crippen molar-refractivity contribution >= 4 is 17.7 Å². The van der Waals surface area contributed by atoms with E-state index >= 15 is 0 Å². The summed E-state index contributed by atoms with van der Waals surface area (Å²) in [7, 11) is 1.55. The maximum Gasteiger partial charge on any atom is 0.262 e. The van der Waals surface area contributed by atoms with Crippen molar-refractivity contribution in [3.05, 3.63) is 100 Å². The van der Waals surface area contributed by atoms with Gasteiger partial charge in [-0.15, -0.1) is 0 Å². The second kappa shape index (κ2) is 8.63. The molecule has 3 aromatic rings. The minimum Gasteiger partial charge on any atom is -0.497 e. The zero-order valence-corrected chi connectivity index (χ0v) is 17.6. The minimum atomic E-state index is -0.605. The van der Waals surface area contributed by atoms with Crippen LogP contribution in [0.25, 0.3) is 0 Å². The Hall–Kier alpha value is -4.00. The fourth-order valence-electron chi connectivity index (χ4n) is 3.71. The summed E-state index contributed by atoms with van der Waals surface area (Å²) >= 11 is 0. The maximum absolute atomic E-state index is 13.4. The zero-order chi connectivity index (χ0) is 22.8. The molecular weight excluding hydrogens is 411 g/mol. The Kier molecular flexibility index (Phi) is 5.73. The maximum atomic E-state index is 13.4. The van der Waals surface area contributed by atoms with Crippen molar-refractivity contribution in [3.8, 4) is 5.75 Å². The van der Waals surface area contributed by atoms with Gasteiger partial charge in [0.25, 0.3) is 11.8 Å². The number of rotatable bonds is 6. The van der Waals surface area contributed by atoms with Crippen LogP contribution in [0, 0.1) is 12.7 Å². The quantitative estimate of drug-likeness (QED) is 0.604. The van der Waals surface area contributed by atoms with Crippen molar-refractivity contribution in [3.63, 3.8) is 0 Å². The Morgan fingerprint density at radius 2 is 1.53 bits per heavy atom. The minimum absolute atomic E-state index is 0.290. The molecular formula is C25H21FN2O4. The van der Waals surface area contributed by atoms with Gasteiger partial charge in [0.2, 0.25) is 5.91 Å². The van der Waals surface area contributed by atoms with Gasteiger partial charge in [-0.2, -0.15) is 0 Å². The standard InChI is InChI=1S/C25H21FN2O4/c1-15-3-12-20-21(13-15)25(31)28(24(20)30)14-22(29)27-23(16-4-8-18(26)9-5-16)17-6-10-19(32-2)11-7-17/h3-13,23H,14H2,1-2H3,(H,27,29). The third-order valence-corrected chi connectivity index (χ3v) is 5.39. The lowest BCUT2D eigenvalue weighted by Gasteiger charge is -2.22. The van der Waals surface area contributed by atoms with Gasteiger partial charge in [-0.05, 0) is 54.4 Å². The predicted molar refractivity (Wildman–Crippen MR) is 116 cm³/mol. The van der Waals surface area contributed by atoms with Crippen LogP contribution in [0.1, 0.15) is 43.4 Å². The van der Waals surface area contributed by atoms with Crippen LogP contribution in [-0.4, -0.2) is 36.3 Å². The molecule has 3 amide bonds. The smallest absolute Gasteiger partial charge is 0.262 e. The van der Waals surface area contributed by atoms with E-state index in [1.54, 1.807) is 61.7 Å². The first-order valence-electron chi connectivity index (χ1n) is 10.0. The molecule has 0 spiro atoms. The zero-order valence-electron chi connectivity index (χ0n) is 17.6. The number of benzene rings is 3. The molecule has 0 bridgehead atoms. The summed E-state index contributed by atoms with van der Waals surface area (Å²) in [6, 6.07) is 17.3. The Morgan fingerprint density at radius 3 is 2.16 bits per heavy atom. The molecule has 32 heavy (non-hydrogen) atoms. The summed E-state index contributed by atoms with van der Waals surface area (Å²) < 4.78 is 18.6. The Morgan fingerprint density at radius 1 is 0.938 bits per heavy atom. The van der Waals surface area contributed by atoms with E-state index in [-0.39, 0.29) is 0 Å². The molecule has 4 rings (SSSR count). The van der Waals surface area contributed by atoms with Gasteiger partial charge in [-0.1, -0.05) is 35.9 Å². The molecule has 6 nitrogen and oxygen atoms in total. The van der Waals surface area contributed by atoms with Gasteiger partial charge in [0.15, 0.2) is 0 Å². The highest BCUT2D eigenvalue weighted by molar-refractivity contribution is 6.22. The second-order valence-electron chi connectivity index (χ2n) is 7.57. The average Bonchev–Trinajstić information content (AvgIpc) is 3.02. The van der Waals surface area contributed by atoms with Crippen LogP contribution in [0.15, 0.2) is 66.7 Å². The number of hydrogen-bond acceptors (Lipinski definition) is 4. The molecule has 0 aromatic heterocycles. The van der Waals surface area contributed by atoms with Crippen LogP contribution in [0.3, 0.4) is 0 Å². The summed E-state index contributed by atoms with van der Waals surface area (Å²) in [5.41, 5.74) is 2.84. The third-order valence-electron chi connectivity index (χ3n) is 5.39. The number of methoxy groups -OCH3 is 1. The van der Waals surface area contributed by atoms with E-state index in [0.29, 0.717) is 22.4 Å². The van der Waals surface area contributed by atoms with E-state index in [1.807, 2.05) is 6.92 Å². The average molecular weight is 432 g/mol. The highest BCUT2D eigenvalue weighted by Crippen LogP contribution is 2.26. The molecule has 162 valence electrons. The number of carbonyl (C=O) groups excluding carboxylic acids is 3. The summed E-state index contributed by atoms with van der Waals surface area (Å²) in [6.45, 7) is 1.41. The lowest BCUT2D eigenvalue weighted by molar-refractivity contribution is -0.121. The van der Waals surface area contributed by atoms with E-state index < -0.39 is 36.1 Å². The van der Waals surface area contributed by atoms with Gasteiger partial charge in [0, 0.05) is 0 Å². The van der Waals surface area contributed by atoms with Crippen molar-refractivity contribution in [2.45, 2.75) is 13.0 Å². The highest BCUT2D eigenvalue weighted by atomic mass is 19.1. The van der Waals surface area contributed by atoms with E-state index in [4.69, 9.17) is 4.74 Å². The van der Waals surface area contributed by atoms with Gasteiger partial charge in [0.05, 0.1) is 24.3 Å². The first kappa shape index (κ1) is 21.2. The summed E-state index contributed by atoms with van der Waals surface area (Å²) in [5, 5.41) is 2.86. The van der Waals surface area contributed by atoms with E-state index in [9.17, 15) is 18.8 Å². The normalized spacial score (nSPS) is 13.7. The van der Waals surface area contributed by atoms with Crippen molar-refractivity contribution < 1.29 is 23.5 Å². The molecule has 3 aromatic carbocycles. The molecule has 0 fully saturated rings. The first-order valence-corrected chi connectivity index (χ1v) is 10.0. The van der Waals surface area contributed by atoms with Crippen molar-refractivity contribution in [1.82, 2.24) is 10.2 Å². The van der Waals surface area contributed by atoms with Crippen molar-refractivity contribution in [2.75, 3.05) is 13.7 Å². The van der Waals surface area contributed by atoms with E-state index in [2.05, 4.69) is 5.32 Å². The van der Waals surface area contributed by atoms with Gasteiger partial charge >= 0.3 is 0 Å². The molecule has 1 N–H and O–H groups in total. The molecule has 0 saturated heterocycles. The second-order valence-corrected chi connectivity index (χ2v) is 7.57. The largest absolute Gasteiger partial charge is 0.497 e. The van der Waals surface area contributed by atoms with Gasteiger partial charge in [-0.3, -0.25) is 19.3 Å². The highest BCUT2D eigenvalue weighted by Gasteiger charge is 2.37. The number of carbonyl (C=O) groups is 3. The van der Waals surface area contributed by atoms with Crippen LogP contribution < -0.4 is 10.1 Å². The third kappa shape index (κ3) is 4.09.